The summed E-state index contributed by atoms with van der Waals surface area (Å²) in [6, 6.07) is 3.90. The maximum absolute atomic E-state index is 12.9. The van der Waals surface area contributed by atoms with Crippen LogP contribution in [0.3, 0.4) is 0 Å². The van der Waals surface area contributed by atoms with Crippen LogP contribution in [0, 0.1) is 0 Å². The number of piperazine rings is 1. The largest absolute Gasteiger partial charge is 0.371 e. The molecule has 0 aliphatic carbocycles. The molecule has 0 saturated carbocycles. The van der Waals surface area contributed by atoms with Gasteiger partial charge in [0.2, 0.25) is 5.91 Å². The second-order valence-electron chi connectivity index (χ2n) is 7.75. The molecule has 2 amide bonds. The van der Waals surface area contributed by atoms with Crippen molar-refractivity contribution in [3.05, 3.63) is 24.0 Å². The number of amides is 2. The van der Waals surface area contributed by atoms with Crippen LogP contribution in [0.4, 0.5) is 5.69 Å². The van der Waals surface area contributed by atoms with E-state index < -0.39 is 0 Å². The molecule has 4 rings (SSSR count). The third-order valence-corrected chi connectivity index (χ3v) is 5.91. The molecule has 7 heteroatoms. The van der Waals surface area contributed by atoms with Gasteiger partial charge in [-0.2, -0.15) is 0 Å². The molecule has 0 spiro atoms. The van der Waals surface area contributed by atoms with Gasteiger partial charge in [0.1, 0.15) is 5.69 Å². The van der Waals surface area contributed by atoms with Crippen LogP contribution >= 0.6 is 0 Å². The summed E-state index contributed by atoms with van der Waals surface area (Å²) < 4.78 is 0. The van der Waals surface area contributed by atoms with Gasteiger partial charge >= 0.3 is 0 Å². The Balaban J connectivity index is 1.31. The van der Waals surface area contributed by atoms with E-state index in [1.807, 2.05) is 21.9 Å². The Kier molecular flexibility index (Phi) is 5.57. The van der Waals surface area contributed by atoms with Crippen LogP contribution in [-0.2, 0) is 4.79 Å². The first-order valence-corrected chi connectivity index (χ1v) is 10.2. The van der Waals surface area contributed by atoms with Crippen molar-refractivity contribution in [3.63, 3.8) is 0 Å². The Morgan fingerprint density at radius 2 is 1.48 bits per heavy atom. The van der Waals surface area contributed by atoms with Crippen molar-refractivity contribution in [2.45, 2.75) is 25.7 Å². The lowest BCUT2D eigenvalue weighted by Gasteiger charge is -2.35. The first-order valence-electron chi connectivity index (χ1n) is 10.2. The summed E-state index contributed by atoms with van der Waals surface area (Å²) in [7, 11) is 0. The van der Waals surface area contributed by atoms with Gasteiger partial charge in [0.05, 0.1) is 6.54 Å². The summed E-state index contributed by atoms with van der Waals surface area (Å²) in [6.45, 7) is 7.08. The number of nitrogens with zero attached hydrogens (tertiary/aromatic N) is 5. The number of carbonyl (C=O) groups is 2. The minimum atomic E-state index is -0.0253. The number of hydrogen-bond donors (Lipinski definition) is 0. The van der Waals surface area contributed by atoms with Gasteiger partial charge in [-0.05, 0) is 50.9 Å². The minimum Gasteiger partial charge on any atom is -0.371 e. The standard InChI is InChI=1S/C20H29N5O2/c26-19(16-22-7-1-2-8-22)24-11-13-25(14-12-24)20(27)18-15-17(5-6-21-18)23-9-3-4-10-23/h5-6,15H,1-4,7-14,16H2. The molecule has 27 heavy (non-hydrogen) atoms. The highest BCUT2D eigenvalue weighted by atomic mass is 16.2. The average Bonchev–Trinajstić information content (AvgIpc) is 3.42. The molecule has 0 aromatic carbocycles. The Hall–Kier alpha value is -2.15. The predicted molar refractivity (Wildman–Crippen MR) is 104 cm³/mol. The molecule has 4 heterocycles. The van der Waals surface area contributed by atoms with Crippen molar-refractivity contribution < 1.29 is 9.59 Å². The van der Waals surface area contributed by atoms with Crippen LogP contribution in [0.25, 0.3) is 0 Å². The molecule has 0 atom stereocenters. The SMILES string of the molecule is O=C(CN1CCCC1)N1CCN(C(=O)c2cc(N3CCCC3)ccn2)CC1. The van der Waals surface area contributed by atoms with Gasteiger partial charge in [-0.15, -0.1) is 0 Å². The van der Waals surface area contributed by atoms with Crippen molar-refractivity contribution >= 4 is 17.5 Å². The molecule has 7 nitrogen and oxygen atoms in total. The molecule has 0 bridgehead atoms. The van der Waals surface area contributed by atoms with E-state index in [4.69, 9.17) is 0 Å². The third-order valence-electron chi connectivity index (χ3n) is 5.91. The van der Waals surface area contributed by atoms with Gasteiger partial charge < -0.3 is 14.7 Å². The van der Waals surface area contributed by atoms with Crippen molar-refractivity contribution in [1.82, 2.24) is 19.7 Å². The minimum absolute atomic E-state index is 0.0253. The average molecular weight is 371 g/mol. The van der Waals surface area contributed by atoms with E-state index in [2.05, 4.69) is 14.8 Å². The Bertz CT molecular complexity index is 675. The second-order valence-corrected chi connectivity index (χ2v) is 7.75. The number of hydrogen-bond acceptors (Lipinski definition) is 5. The maximum Gasteiger partial charge on any atom is 0.272 e. The molecule has 3 fully saturated rings. The van der Waals surface area contributed by atoms with E-state index in [-0.39, 0.29) is 11.8 Å². The fraction of sp³-hybridized carbons (Fsp3) is 0.650. The summed E-state index contributed by atoms with van der Waals surface area (Å²) in [5.41, 5.74) is 1.60. The lowest BCUT2D eigenvalue weighted by atomic mass is 10.2. The van der Waals surface area contributed by atoms with Gasteiger partial charge in [0, 0.05) is 51.2 Å². The van der Waals surface area contributed by atoms with Crippen LogP contribution in [0.5, 0.6) is 0 Å². The number of aromatic nitrogens is 1. The van der Waals surface area contributed by atoms with Crippen molar-refractivity contribution in [2.75, 3.05) is 63.8 Å². The zero-order valence-corrected chi connectivity index (χ0v) is 16.0. The van der Waals surface area contributed by atoms with Crippen LogP contribution < -0.4 is 4.90 Å². The number of rotatable bonds is 4. The molecule has 3 aliphatic heterocycles. The quantitative estimate of drug-likeness (QED) is 0.792. The van der Waals surface area contributed by atoms with Gasteiger partial charge in [-0.3, -0.25) is 19.5 Å². The monoisotopic (exact) mass is 371 g/mol. The molecule has 3 aliphatic rings. The summed E-state index contributed by atoms with van der Waals surface area (Å²) in [6.07, 6.45) is 6.53. The van der Waals surface area contributed by atoms with E-state index in [1.165, 1.54) is 25.7 Å². The van der Waals surface area contributed by atoms with Crippen molar-refractivity contribution in [1.29, 1.82) is 0 Å². The van der Waals surface area contributed by atoms with Crippen molar-refractivity contribution in [3.8, 4) is 0 Å². The molecule has 3 saturated heterocycles. The molecular formula is C20H29N5O2. The third kappa shape index (κ3) is 4.24. The fourth-order valence-corrected chi connectivity index (χ4v) is 4.26. The maximum atomic E-state index is 12.9. The summed E-state index contributed by atoms with van der Waals surface area (Å²) in [5.74, 6) is 0.167. The summed E-state index contributed by atoms with van der Waals surface area (Å²) >= 11 is 0. The van der Waals surface area contributed by atoms with Gasteiger partial charge in [0.15, 0.2) is 0 Å². The molecule has 0 unspecified atom stereocenters. The summed E-state index contributed by atoms with van der Waals surface area (Å²) in [4.78, 5) is 37.9. The van der Waals surface area contributed by atoms with Crippen LogP contribution in [0.15, 0.2) is 18.3 Å². The van der Waals surface area contributed by atoms with E-state index >= 15 is 0 Å². The van der Waals surface area contributed by atoms with E-state index in [0.29, 0.717) is 38.4 Å². The number of pyridine rings is 1. The van der Waals surface area contributed by atoms with Crippen LogP contribution in [0.2, 0.25) is 0 Å². The fourth-order valence-electron chi connectivity index (χ4n) is 4.26. The molecule has 0 N–H and O–H groups in total. The lowest BCUT2D eigenvalue weighted by molar-refractivity contribution is -0.133. The van der Waals surface area contributed by atoms with Crippen molar-refractivity contribution in [2.24, 2.45) is 0 Å². The molecule has 146 valence electrons. The lowest BCUT2D eigenvalue weighted by Crippen LogP contribution is -2.52. The highest BCUT2D eigenvalue weighted by Crippen LogP contribution is 2.21. The zero-order chi connectivity index (χ0) is 18.6. The number of anilines is 1. The van der Waals surface area contributed by atoms with Crippen LogP contribution in [0.1, 0.15) is 36.2 Å². The Morgan fingerprint density at radius 3 is 2.19 bits per heavy atom. The predicted octanol–water partition coefficient (Wildman–Crippen LogP) is 1.06. The van der Waals surface area contributed by atoms with Crippen LogP contribution in [-0.4, -0.2) is 90.4 Å². The molecule has 0 radical (unpaired) electrons. The smallest absolute Gasteiger partial charge is 0.272 e. The van der Waals surface area contributed by atoms with E-state index in [9.17, 15) is 9.59 Å². The summed E-state index contributed by atoms with van der Waals surface area (Å²) in [5, 5.41) is 0. The normalized spacial score (nSPS) is 21.1. The number of likely N-dealkylation sites (tertiary alicyclic amines) is 1. The topological polar surface area (TPSA) is 60.0 Å². The molecule has 1 aromatic heterocycles. The Labute approximate surface area is 160 Å². The van der Waals surface area contributed by atoms with E-state index in [0.717, 1.165) is 31.9 Å². The Morgan fingerprint density at radius 1 is 0.852 bits per heavy atom. The highest BCUT2D eigenvalue weighted by molar-refractivity contribution is 5.93. The highest BCUT2D eigenvalue weighted by Gasteiger charge is 2.27. The first-order chi connectivity index (χ1) is 13.2. The van der Waals surface area contributed by atoms with Gasteiger partial charge in [-0.25, -0.2) is 0 Å². The number of carbonyl (C=O) groups excluding carboxylic acids is 2. The molecule has 1 aromatic rings. The first kappa shape index (κ1) is 18.2. The second kappa shape index (κ2) is 8.25. The molecular weight excluding hydrogens is 342 g/mol. The zero-order valence-electron chi connectivity index (χ0n) is 16.0. The van der Waals surface area contributed by atoms with Gasteiger partial charge in [-0.1, -0.05) is 0 Å². The van der Waals surface area contributed by atoms with E-state index in [1.54, 1.807) is 6.20 Å². The van der Waals surface area contributed by atoms with Gasteiger partial charge in [0.25, 0.3) is 5.91 Å².